The van der Waals surface area contributed by atoms with E-state index in [0.29, 0.717) is 28.4 Å². The predicted octanol–water partition coefficient (Wildman–Crippen LogP) is 5.01. The van der Waals surface area contributed by atoms with Crippen LogP contribution in [-0.2, 0) is 9.59 Å². The molecule has 0 aromatic heterocycles. The zero-order valence-electron chi connectivity index (χ0n) is 19.5. The van der Waals surface area contributed by atoms with Crippen molar-refractivity contribution in [1.29, 1.82) is 5.26 Å². The van der Waals surface area contributed by atoms with Crippen LogP contribution in [0.4, 0.5) is 15.8 Å². The molecule has 0 atom stereocenters. The normalized spacial score (nSPS) is 10.8. The zero-order valence-corrected chi connectivity index (χ0v) is 19.5. The van der Waals surface area contributed by atoms with E-state index < -0.39 is 11.7 Å². The van der Waals surface area contributed by atoms with Gasteiger partial charge in [0.05, 0.1) is 7.11 Å². The summed E-state index contributed by atoms with van der Waals surface area (Å²) in [7, 11) is 1.44. The number of anilines is 2. The molecule has 3 aromatic rings. The smallest absolute Gasteiger partial charge is 0.266 e. The van der Waals surface area contributed by atoms with Crippen LogP contribution in [0.3, 0.4) is 0 Å². The monoisotopic (exact) mass is 473 g/mol. The Hall–Kier alpha value is -4.64. The molecule has 2 amide bonds. The molecule has 0 saturated carbocycles. The molecule has 0 aliphatic heterocycles. The van der Waals surface area contributed by atoms with Gasteiger partial charge in [-0.25, -0.2) is 4.39 Å². The number of benzene rings is 3. The highest BCUT2D eigenvalue weighted by Gasteiger charge is 2.13. The fourth-order valence-corrected chi connectivity index (χ4v) is 3.16. The third-order valence-electron chi connectivity index (χ3n) is 5.20. The maximum absolute atomic E-state index is 13.0. The van der Waals surface area contributed by atoms with Crippen LogP contribution in [0, 0.1) is 31.0 Å². The van der Waals surface area contributed by atoms with Gasteiger partial charge in [-0.3, -0.25) is 9.59 Å². The van der Waals surface area contributed by atoms with Gasteiger partial charge in [0.2, 0.25) is 0 Å². The third-order valence-corrected chi connectivity index (χ3v) is 5.20. The molecule has 0 spiro atoms. The molecule has 3 aromatic carbocycles. The van der Waals surface area contributed by atoms with Crippen molar-refractivity contribution in [3.05, 3.63) is 88.7 Å². The van der Waals surface area contributed by atoms with Crippen LogP contribution >= 0.6 is 0 Å². The van der Waals surface area contributed by atoms with Gasteiger partial charge in [0.15, 0.2) is 18.1 Å². The standard InChI is InChI=1S/C27H24FN3O4/c1-17-5-4-6-23(18(17)2)31-26(32)16-35-24-12-7-19(14-25(24)34-3)13-20(15-29)27(33)30-22-10-8-21(28)9-11-22/h4-14H,16H2,1-3H3,(H,30,33)(H,31,32)/b20-13+. The quantitative estimate of drug-likeness (QED) is 0.354. The second-order valence-corrected chi connectivity index (χ2v) is 7.63. The van der Waals surface area contributed by atoms with Crippen LogP contribution in [-0.4, -0.2) is 25.5 Å². The number of ether oxygens (including phenoxy) is 2. The molecule has 8 heteroatoms. The molecule has 35 heavy (non-hydrogen) atoms. The van der Waals surface area contributed by atoms with Crippen molar-refractivity contribution < 1.29 is 23.5 Å². The lowest BCUT2D eigenvalue weighted by Crippen LogP contribution is -2.21. The maximum Gasteiger partial charge on any atom is 0.266 e. The van der Waals surface area contributed by atoms with E-state index in [-0.39, 0.29) is 18.1 Å². The van der Waals surface area contributed by atoms with Crippen LogP contribution in [0.25, 0.3) is 6.08 Å². The fraction of sp³-hybridized carbons (Fsp3) is 0.148. The van der Waals surface area contributed by atoms with Crippen LogP contribution < -0.4 is 20.1 Å². The van der Waals surface area contributed by atoms with Gasteiger partial charge in [-0.2, -0.15) is 5.26 Å². The van der Waals surface area contributed by atoms with Gasteiger partial charge >= 0.3 is 0 Å². The van der Waals surface area contributed by atoms with E-state index in [9.17, 15) is 19.2 Å². The lowest BCUT2D eigenvalue weighted by Gasteiger charge is -2.13. The Morgan fingerprint density at radius 1 is 1.03 bits per heavy atom. The minimum Gasteiger partial charge on any atom is -0.493 e. The topological polar surface area (TPSA) is 100 Å². The van der Waals surface area contributed by atoms with Gasteiger partial charge in [-0.15, -0.1) is 0 Å². The van der Waals surface area contributed by atoms with Crippen molar-refractivity contribution in [3.63, 3.8) is 0 Å². The summed E-state index contributed by atoms with van der Waals surface area (Å²) < 4.78 is 24.0. The first kappa shape index (κ1) is 25.0. The molecule has 0 aliphatic carbocycles. The highest BCUT2D eigenvalue weighted by Crippen LogP contribution is 2.29. The summed E-state index contributed by atoms with van der Waals surface area (Å²) in [6.07, 6.45) is 1.39. The minimum absolute atomic E-state index is 0.155. The van der Waals surface area contributed by atoms with Gasteiger partial charge in [0.25, 0.3) is 11.8 Å². The number of halogens is 1. The van der Waals surface area contributed by atoms with E-state index >= 15 is 0 Å². The van der Waals surface area contributed by atoms with Crippen molar-refractivity contribution >= 4 is 29.3 Å². The number of rotatable bonds is 8. The summed E-state index contributed by atoms with van der Waals surface area (Å²) in [6.45, 7) is 3.66. The number of carbonyl (C=O) groups is 2. The van der Waals surface area contributed by atoms with Gasteiger partial charge in [0, 0.05) is 11.4 Å². The predicted molar refractivity (Wildman–Crippen MR) is 132 cm³/mol. The van der Waals surface area contributed by atoms with Crippen molar-refractivity contribution in [1.82, 2.24) is 0 Å². The molecule has 7 nitrogen and oxygen atoms in total. The molecule has 3 rings (SSSR count). The lowest BCUT2D eigenvalue weighted by atomic mass is 10.1. The summed E-state index contributed by atoms with van der Waals surface area (Å²) in [5, 5.41) is 14.8. The SMILES string of the molecule is COc1cc(/C=C(\C#N)C(=O)Nc2ccc(F)cc2)ccc1OCC(=O)Nc1cccc(C)c1C. The molecule has 0 radical (unpaired) electrons. The first-order valence-electron chi connectivity index (χ1n) is 10.7. The lowest BCUT2D eigenvalue weighted by molar-refractivity contribution is -0.118. The number of nitrogens with zero attached hydrogens (tertiary/aromatic N) is 1. The number of hydrogen-bond acceptors (Lipinski definition) is 5. The largest absolute Gasteiger partial charge is 0.493 e. The summed E-state index contributed by atoms with van der Waals surface area (Å²) >= 11 is 0. The van der Waals surface area contributed by atoms with Gasteiger partial charge < -0.3 is 20.1 Å². The molecule has 0 bridgehead atoms. The Kier molecular flexibility index (Phi) is 8.20. The fourth-order valence-electron chi connectivity index (χ4n) is 3.16. The molecule has 178 valence electrons. The summed E-state index contributed by atoms with van der Waals surface area (Å²) in [5.74, 6) is -0.740. The Morgan fingerprint density at radius 3 is 2.46 bits per heavy atom. The third kappa shape index (κ3) is 6.68. The Morgan fingerprint density at radius 2 is 1.77 bits per heavy atom. The second-order valence-electron chi connectivity index (χ2n) is 7.63. The summed E-state index contributed by atoms with van der Waals surface area (Å²) in [5.41, 5.74) is 3.48. The van der Waals surface area contributed by atoms with E-state index in [1.807, 2.05) is 38.1 Å². The zero-order chi connectivity index (χ0) is 25.4. The van der Waals surface area contributed by atoms with E-state index in [1.165, 1.54) is 37.5 Å². The number of nitriles is 1. The first-order valence-corrected chi connectivity index (χ1v) is 10.7. The maximum atomic E-state index is 13.0. The number of amides is 2. The Bertz CT molecular complexity index is 1310. The van der Waals surface area contributed by atoms with Crippen molar-refractivity contribution in [2.24, 2.45) is 0 Å². The Balaban J connectivity index is 1.68. The first-order chi connectivity index (χ1) is 16.8. The highest BCUT2D eigenvalue weighted by atomic mass is 19.1. The van der Waals surface area contributed by atoms with E-state index in [2.05, 4.69) is 10.6 Å². The highest BCUT2D eigenvalue weighted by molar-refractivity contribution is 6.09. The van der Waals surface area contributed by atoms with Crippen LogP contribution in [0.5, 0.6) is 11.5 Å². The van der Waals surface area contributed by atoms with Crippen LogP contribution in [0.2, 0.25) is 0 Å². The summed E-state index contributed by atoms with van der Waals surface area (Å²) in [6, 6.07) is 17.5. The number of aryl methyl sites for hydroxylation is 1. The van der Waals surface area contributed by atoms with Crippen molar-refractivity contribution in [2.75, 3.05) is 24.4 Å². The molecule has 0 heterocycles. The molecule has 0 aliphatic rings. The number of hydrogen-bond donors (Lipinski definition) is 2. The van der Waals surface area contributed by atoms with Gasteiger partial charge in [-0.05, 0) is 79.1 Å². The van der Waals surface area contributed by atoms with Crippen molar-refractivity contribution in [3.8, 4) is 17.6 Å². The molecular weight excluding hydrogens is 449 g/mol. The van der Waals surface area contributed by atoms with E-state index in [0.717, 1.165) is 11.1 Å². The number of methoxy groups -OCH3 is 1. The number of carbonyl (C=O) groups excluding carboxylic acids is 2. The van der Waals surface area contributed by atoms with Gasteiger partial charge in [0.1, 0.15) is 17.5 Å². The van der Waals surface area contributed by atoms with Crippen LogP contribution in [0.15, 0.2) is 66.2 Å². The second kappa shape index (κ2) is 11.5. The number of nitrogens with one attached hydrogen (secondary N) is 2. The van der Waals surface area contributed by atoms with E-state index in [4.69, 9.17) is 9.47 Å². The average Bonchev–Trinajstić information content (AvgIpc) is 2.85. The van der Waals surface area contributed by atoms with Gasteiger partial charge in [-0.1, -0.05) is 18.2 Å². The van der Waals surface area contributed by atoms with Crippen LogP contribution in [0.1, 0.15) is 16.7 Å². The molecule has 0 saturated heterocycles. The molecule has 0 unspecified atom stereocenters. The van der Waals surface area contributed by atoms with Crippen molar-refractivity contribution in [2.45, 2.75) is 13.8 Å². The van der Waals surface area contributed by atoms with E-state index in [1.54, 1.807) is 18.2 Å². The summed E-state index contributed by atoms with van der Waals surface area (Å²) in [4.78, 5) is 24.8. The molecule has 0 fully saturated rings. The molecule has 2 N–H and O–H groups in total. The minimum atomic E-state index is -0.637. The average molecular weight is 474 g/mol. The molecular formula is C27H24FN3O4. The Labute approximate surface area is 202 Å².